The molecule has 0 aliphatic heterocycles. The van der Waals surface area contributed by atoms with E-state index in [-0.39, 0.29) is 24.0 Å². The average molecular weight is 419 g/mol. The summed E-state index contributed by atoms with van der Waals surface area (Å²) < 4.78 is 1.84. The molecule has 0 aliphatic rings. The number of guanidine groups is 1. The molecule has 0 saturated carbocycles. The van der Waals surface area contributed by atoms with Gasteiger partial charge in [-0.15, -0.1) is 24.0 Å². The Kier molecular flexibility index (Phi) is 8.36. The van der Waals surface area contributed by atoms with Gasteiger partial charge in [0.15, 0.2) is 5.96 Å². The van der Waals surface area contributed by atoms with Gasteiger partial charge >= 0.3 is 0 Å². The van der Waals surface area contributed by atoms with Crippen molar-refractivity contribution in [3.8, 4) is 0 Å². The molecule has 2 heterocycles. The third-order valence-electron chi connectivity index (χ3n) is 2.96. The molecule has 0 fully saturated rings. The second-order valence-electron chi connectivity index (χ2n) is 4.61. The van der Waals surface area contributed by atoms with Gasteiger partial charge in [-0.1, -0.05) is 0 Å². The van der Waals surface area contributed by atoms with Gasteiger partial charge in [0.05, 0.1) is 6.20 Å². The smallest absolute Gasteiger partial charge is 0.191 e. The molecule has 0 saturated heterocycles. The summed E-state index contributed by atoms with van der Waals surface area (Å²) in [4.78, 5) is 4.22. The van der Waals surface area contributed by atoms with Crippen LogP contribution in [0.4, 0.5) is 0 Å². The molecule has 7 heteroatoms. The van der Waals surface area contributed by atoms with Gasteiger partial charge in [-0.25, -0.2) is 0 Å². The van der Waals surface area contributed by atoms with Crippen LogP contribution in [0.3, 0.4) is 0 Å². The van der Waals surface area contributed by atoms with Crippen molar-refractivity contribution in [2.45, 2.75) is 19.4 Å². The minimum Gasteiger partial charge on any atom is -0.356 e. The lowest BCUT2D eigenvalue weighted by atomic mass is 10.2. The van der Waals surface area contributed by atoms with Crippen LogP contribution in [0.2, 0.25) is 0 Å². The van der Waals surface area contributed by atoms with E-state index in [9.17, 15) is 0 Å². The summed E-state index contributed by atoms with van der Waals surface area (Å²) >= 11 is 1.71. The molecule has 0 aliphatic carbocycles. The molecule has 2 aromatic rings. The topological polar surface area (TPSA) is 54.2 Å². The molecule has 5 nitrogen and oxygen atoms in total. The van der Waals surface area contributed by atoms with Crippen LogP contribution in [0.25, 0.3) is 0 Å². The van der Waals surface area contributed by atoms with Gasteiger partial charge in [0, 0.05) is 33.4 Å². The van der Waals surface area contributed by atoms with Crippen molar-refractivity contribution in [3.05, 3.63) is 40.3 Å². The summed E-state index contributed by atoms with van der Waals surface area (Å²) in [5.74, 6) is 0.849. The highest BCUT2D eigenvalue weighted by Crippen LogP contribution is 2.04. The molecular weight excluding hydrogens is 397 g/mol. The largest absolute Gasteiger partial charge is 0.356 e. The summed E-state index contributed by atoms with van der Waals surface area (Å²) in [6, 6.07) is 2.12. The molecule has 116 valence electrons. The van der Waals surface area contributed by atoms with Crippen molar-refractivity contribution >= 4 is 41.3 Å². The van der Waals surface area contributed by atoms with Gasteiger partial charge in [-0.05, 0) is 40.8 Å². The van der Waals surface area contributed by atoms with E-state index >= 15 is 0 Å². The Balaban J connectivity index is 0.00000220. The van der Waals surface area contributed by atoms with E-state index in [1.807, 2.05) is 17.9 Å². The Morgan fingerprint density at radius 3 is 2.86 bits per heavy atom. The predicted molar refractivity (Wildman–Crippen MR) is 99.5 cm³/mol. The summed E-state index contributed by atoms with van der Waals surface area (Å²) in [5, 5.41) is 15.0. The summed E-state index contributed by atoms with van der Waals surface area (Å²) in [5.41, 5.74) is 2.56. The lowest BCUT2D eigenvalue weighted by Crippen LogP contribution is -2.37. The van der Waals surface area contributed by atoms with E-state index in [1.54, 1.807) is 18.4 Å². The predicted octanol–water partition coefficient (Wildman–Crippen LogP) is 2.40. The van der Waals surface area contributed by atoms with Crippen molar-refractivity contribution in [1.29, 1.82) is 0 Å². The molecule has 21 heavy (non-hydrogen) atoms. The molecule has 2 rings (SSSR count). The van der Waals surface area contributed by atoms with E-state index in [0.29, 0.717) is 0 Å². The van der Waals surface area contributed by atoms with Gasteiger partial charge in [-0.2, -0.15) is 16.4 Å². The zero-order valence-corrected chi connectivity index (χ0v) is 15.5. The van der Waals surface area contributed by atoms with Crippen LogP contribution < -0.4 is 10.6 Å². The van der Waals surface area contributed by atoms with Crippen LogP contribution in [0, 0.1) is 0 Å². The Morgan fingerprint density at radius 2 is 2.24 bits per heavy atom. The zero-order chi connectivity index (χ0) is 14.2. The maximum Gasteiger partial charge on any atom is 0.191 e. The first-order chi connectivity index (χ1) is 9.78. The first kappa shape index (κ1) is 18.0. The number of aryl methyl sites for hydroxylation is 2. The molecule has 0 aromatic carbocycles. The number of thiophene rings is 1. The van der Waals surface area contributed by atoms with E-state index < -0.39 is 0 Å². The van der Waals surface area contributed by atoms with E-state index in [4.69, 9.17) is 0 Å². The Labute approximate surface area is 146 Å². The number of halogens is 1. The molecule has 2 N–H and O–H groups in total. The van der Waals surface area contributed by atoms with E-state index in [1.165, 1.54) is 11.1 Å². The molecule has 0 spiro atoms. The van der Waals surface area contributed by atoms with Crippen molar-refractivity contribution < 1.29 is 0 Å². The lowest BCUT2D eigenvalue weighted by molar-refractivity contribution is 0.739. The quantitative estimate of drug-likeness (QED) is 0.327. The maximum atomic E-state index is 4.22. The first-order valence-electron chi connectivity index (χ1n) is 6.71. The number of nitrogens with zero attached hydrogens (tertiary/aromatic N) is 3. The van der Waals surface area contributed by atoms with Gasteiger partial charge in [-0.3, -0.25) is 9.67 Å². The van der Waals surface area contributed by atoms with E-state index in [2.05, 4.69) is 43.7 Å². The first-order valence-corrected chi connectivity index (χ1v) is 7.65. The number of aromatic nitrogens is 2. The Hall–Kier alpha value is -1.09. The van der Waals surface area contributed by atoms with Crippen LogP contribution in [-0.4, -0.2) is 29.3 Å². The third-order valence-corrected chi connectivity index (χ3v) is 3.69. The Morgan fingerprint density at radius 1 is 1.38 bits per heavy atom. The number of aliphatic imine (C=N–C) groups is 1. The third kappa shape index (κ3) is 6.47. The second kappa shape index (κ2) is 9.78. The van der Waals surface area contributed by atoms with Crippen molar-refractivity contribution in [3.63, 3.8) is 0 Å². The molecular formula is C14H22IN5S. The summed E-state index contributed by atoms with van der Waals surface area (Å²) in [6.45, 7) is 1.71. The highest BCUT2D eigenvalue weighted by Gasteiger charge is 1.99. The SMILES string of the molecule is CN=C(NCCCc1cnn(C)c1)NCc1ccsc1.I. The Bertz CT molecular complexity index is 535. The van der Waals surface area contributed by atoms with E-state index in [0.717, 1.165) is 31.9 Å². The average Bonchev–Trinajstić information content (AvgIpc) is 3.09. The van der Waals surface area contributed by atoms with Gasteiger partial charge in [0.1, 0.15) is 0 Å². The lowest BCUT2D eigenvalue weighted by Gasteiger charge is -2.10. The molecule has 0 radical (unpaired) electrons. The van der Waals surface area contributed by atoms with Crippen LogP contribution >= 0.6 is 35.3 Å². The van der Waals surface area contributed by atoms with Crippen LogP contribution in [-0.2, 0) is 20.0 Å². The van der Waals surface area contributed by atoms with Crippen molar-refractivity contribution in [1.82, 2.24) is 20.4 Å². The normalized spacial score (nSPS) is 11.0. The fraction of sp³-hybridized carbons (Fsp3) is 0.429. The number of rotatable bonds is 6. The van der Waals surface area contributed by atoms with Gasteiger partial charge in [0.2, 0.25) is 0 Å². The molecule has 0 bridgehead atoms. The molecule has 0 unspecified atom stereocenters. The van der Waals surface area contributed by atoms with Crippen LogP contribution in [0.1, 0.15) is 17.5 Å². The molecule has 0 atom stereocenters. The van der Waals surface area contributed by atoms with Crippen molar-refractivity contribution in [2.75, 3.05) is 13.6 Å². The number of nitrogens with one attached hydrogen (secondary N) is 2. The fourth-order valence-electron chi connectivity index (χ4n) is 1.90. The number of hydrogen-bond donors (Lipinski definition) is 2. The van der Waals surface area contributed by atoms with Gasteiger partial charge in [0.25, 0.3) is 0 Å². The fourth-order valence-corrected chi connectivity index (χ4v) is 2.57. The highest BCUT2D eigenvalue weighted by atomic mass is 127. The molecule has 0 amide bonds. The van der Waals surface area contributed by atoms with Crippen LogP contribution in [0.5, 0.6) is 0 Å². The molecule has 2 aromatic heterocycles. The maximum absolute atomic E-state index is 4.22. The van der Waals surface area contributed by atoms with Crippen molar-refractivity contribution in [2.24, 2.45) is 12.0 Å². The monoisotopic (exact) mass is 419 g/mol. The summed E-state index contributed by atoms with van der Waals surface area (Å²) in [6.07, 6.45) is 6.07. The highest BCUT2D eigenvalue weighted by molar-refractivity contribution is 14.0. The standard InChI is InChI=1S/C14H21N5S.HI/c1-15-14(17-8-13-5-7-20-11-13)16-6-3-4-12-9-18-19(2)10-12;/h5,7,9-11H,3-4,6,8H2,1-2H3,(H2,15,16,17);1H. The minimum atomic E-state index is 0. The minimum absolute atomic E-state index is 0. The van der Waals surface area contributed by atoms with Crippen LogP contribution in [0.15, 0.2) is 34.2 Å². The number of hydrogen-bond acceptors (Lipinski definition) is 3. The van der Waals surface area contributed by atoms with Gasteiger partial charge < -0.3 is 10.6 Å². The second-order valence-corrected chi connectivity index (χ2v) is 5.39. The summed E-state index contributed by atoms with van der Waals surface area (Å²) in [7, 11) is 3.74. The zero-order valence-electron chi connectivity index (χ0n) is 12.4.